The van der Waals surface area contributed by atoms with Gasteiger partial charge in [-0.1, -0.05) is 6.92 Å². The summed E-state index contributed by atoms with van der Waals surface area (Å²) >= 11 is 0. The molecule has 1 N–H and O–H groups in total. The number of nitrogens with zero attached hydrogens (tertiary/aromatic N) is 3. The van der Waals surface area contributed by atoms with Gasteiger partial charge in [0, 0.05) is 32.6 Å². The van der Waals surface area contributed by atoms with E-state index >= 15 is 0 Å². The van der Waals surface area contributed by atoms with Gasteiger partial charge < -0.3 is 10.0 Å². The minimum absolute atomic E-state index is 0.0143. The van der Waals surface area contributed by atoms with Crippen molar-refractivity contribution >= 4 is 11.9 Å². The zero-order valence-corrected chi connectivity index (χ0v) is 11.7. The molecule has 20 heavy (non-hydrogen) atoms. The zero-order chi connectivity index (χ0) is 15.1. The SMILES string of the molecule is CCCn1nc(C(=O)N(C)CCCC(=O)O)ccc1=O. The van der Waals surface area contributed by atoms with Crippen LogP contribution in [-0.2, 0) is 11.3 Å². The molecule has 7 heteroatoms. The molecule has 0 saturated carbocycles. The van der Waals surface area contributed by atoms with Crippen LogP contribution in [0.3, 0.4) is 0 Å². The maximum atomic E-state index is 12.1. The molecule has 0 radical (unpaired) electrons. The molecule has 0 spiro atoms. The lowest BCUT2D eigenvalue weighted by Gasteiger charge is -2.16. The van der Waals surface area contributed by atoms with E-state index in [-0.39, 0.29) is 23.6 Å². The number of rotatable bonds is 7. The van der Waals surface area contributed by atoms with Gasteiger partial charge in [0.05, 0.1) is 0 Å². The van der Waals surface area contributed by atoms with E-state index in [1.807, 2.05) is 6.92 Å². The third-order valence-electron chi connectivity index (χ3n) is 2.75. The van der Waals surface area contributed by atoms with Crippen molar-refractivity contribution in [3.05, 3.63) is 28.2 Å². The molecule has 0 aromatic carbocycles. The molecule has 0 unspecified atom stereocenters. The third kappa shape index (κ3) is 4.49. The maximum absolute atomic E-state index is 12.1. The van der Waals surface area contributed by atoms with Crippen LogP contribution < -0.4 is 5.56 Å². The maximum Gasteiger partial charge on any atom is 0.303 e. The molecule has 1 amide bonds. The van der Waals surface area contributed by atoms with Crippen LogP contribution in [-0.4, -0.2) is 45.3 Å². The molecule has 1 heterocycles. The Kier molecular flexibility index (Phi) is 5.89. The molecule has 1 aromatic heterocycles. The Bertz CT molecular complexity index is 539. The fourth-order valence-corrected chi connectivity index (χ4v) is 1.70. The highest BCUT2D eigenvalue weighted by Gasteiger charge is 2.14. The molecular weight excluding hydrogens is 262 g/mol. The predicted octanol–water partition coefficient (Wildman–Crippen LogP) is 0.590. The number of carbonyl (C=O) groups excluding carboxylic acids is 1. The van der Waals surface area contributed by atoms with Crippen LogP contribution in [0.1, 0.15) is 36.7 Å². The Morgan fingerprint density at radius 2 is 2.10 bits per heavy atom. The Labute approximate surface area is 116 Å². The highest BCUT2D eigenvalue weighted by Crippen LogP contribution is 2.01. The molecular formula is C13H19N3O4. The van der Waals surface area contributed by atoms with Crippen molar-refractivity contribution in [2.45, 2.75) is 32.7 Å². The second kappa shape index (κ2) is 7.42. The van der Waals surface area contributed by atoms with Crippen LogP contribution in [0.4, 0.5) is 0 Å². The molecule has 0 aliphatic rings. The van der Waals surface area contributed by atoms with E-state index in [4.69, 9.17) is 5.11 Å². The van der Waals surface area contributed by atoms with Gasteiger partial charge in [0.15, 0.2) is 0 Å². The van der Waals surface area contributed by atoms with Crippen LogP contribution in [0, 0.1) is 0 Å². The summed E-state index contributed by atoms with van der Waals surface area (Å²) in [6, 6.07) is 2.71. The largest absolute Gasteiger partial charge is 0.481 e. The Morgan fingerprint density at radius 1 is 1.40 bits per heavy atom. The first kappa shape index (κ1) is 15.9. The lowest BCUT2D eigenvalue weighted by atomic mass is 10.3. The molecule has 0 aliphatic heterocycles. The van der Waals surface area contributed by atoms with Crippen molar-refractivity contribution in [3.8, 4) is 0 Å². The summed E-state index contributed by atoms with van der Waals surface area (Å²) in [5, 5.41) is 12.6. The zero-order valence-electron chi connectivity index (χ0n) is 11.7. The lowest BCUT2D eigenvalue weighted by Crippen LogP contribution is -2.32. The minimum atomic E-state index is -0.888. The van der Waals surface area contributed by atoms with Gasteiger partial charge in [-0.2, -0.15) is 5.10 Å². The van der Waals surface area contributed by atoms with Crippen molar-refractivity contribution in [1.82, 2.24) is 14.7 Å². The average molecular weight is 281 g/mol. The van der Waals surface area contributed by atoms with Gasteiger partial charge in [-0.25, -0.2) is 4.68 Å². The first-order valence-corrected chi connectivity index (χ1v) is 6.51. The summed E-state index contributed by atoms with van der Waals surface area (Å²) in [5.74, 6) is -1.21. The number of aromatic nitrogens is 2. The Morgan fingerprint density at radius 3 is 2.70 bits per heavy atom. The van der Waals surface area contributed by atoms with Crippen LogP contribution in [0.2, 0.25) is 0 Å². The first-order chi connectivity index (χ1) is 9.45. The second-order valence-electron chi connectivity index (χ2n) is 4.50. The summed E-state index contributed by atoms with van der Waals surface area (Å²) in [7, 11) is 1.58. The van der Waals surface area contributed by atoms with E-state index in [2.05, 4.69) is 5.10 Å². The number of aliphatic carboxylic acids is 1. The second-order valence-corrected chi connectivity index (χ2v) is 4.50. The summed E-state index contributed by atoms with van der Waals surface area (Å²) in [6.45, 7) is 2.71. The Hall–Kier alpha value is -2.18. The summed E-state index contributed by atoms with van der Waals surface area (Å²) < 4.78 is 1.26. The fraction of sp³-hybridized carbons (Fsp3) is 0.538. The highest BCUT2D eigenvalue weighted by atomic mass is 16.4. The number of carbonyl (C=O) groups is 2. The molecule has 1 aromatic rings. The van der Waals surface area contributed by atoms with Gasteiger partial charge >= 0.3 is 5.97 Å². The smallest absolute Gasteiger partial charge is 0.303 e. The monoisotopic (exact) mass is 281 g/mol. The first-order valence-electron chi connectivity index (χ1n) is 6.51. The topological polar surface area (TPSA) is 92.5 Å². The molecule has 7 nitrogen and oxygen atoms in total. The molecule has 0 atom stereocenters. The van der Waals surface area contributed by atoms with Crippen molar-refractivity contribution in [2.24, 2.45) is 0 Å². The minimum Gasteiger partial charge on any atom is -0.481 e. The number of carboxylic acids is 1. The molecule has 0 fully saturated rings. The number of carboxylic acid groups (broad SMARTS) is 1. The normalized spacial score (nSPS) is 10.3. The standard InChI is InChI=1S/C13H19N3O4/c1-3-8-16-11(17)7-6-10(14-16)13(20)15(2)9-4-5-12(18)19/h6-7H,3-5,8-9H2,1-2H3,(H,18,19). The molecule has 1 rings (SSSR count). The fourth-order valence-electron chi connectivity index (χ4n) is 1.70. The van der Waals surface area contributed by atoms with Crippen LogP contribution in [0.25, 0.3) is 0 Å². The van der Waals surface area contributed by atoms with Gasteiger partial charge in [-0.05, 0) is 18.9 Å². The lowest BCUT2D eigenvalue weighted by molar-refractivity contribution is -0.137. The molecule has 0 aliphatic carbocycles. The quantitative estimate of drug-likeness (QED) is 0.789. The van der Waals surface area contributed by atoms with Gasteiger partial charge in [-0.15, -0.1) is 0 Å². The van der Waals surface area contributed by atoms with E-state index < -0.39 is 5.97 Å². The third-order valence-corrected chi connectivity index (χ3v) is 2.75. The average Bonchev–Trinajstić information content (AvgIpc) is 2.40. The summed E-state index contributed by atoms with van der Waals surface area (Å²) in [5.41, 5.74) is -0.0483. The molecule has 110 valence electrons. The van der Waals surface area contributed by atoms with E-state index in [1.54, 1.807) is 7.05 Å². The van der Waals surface area contributed by atoms with Gasteiger partial charge in [0.25, 0.3) is 11.5 Å². The number of hydrogen-bond donors (Lipinski definition) is 1. The predicted molar refractivity (Wildman–Crippen MR) is 72.6 cm³/mol. The van der Waals surface area contributed by atoms with Crippen LogP contribution in [0.15, 0.2) is 16.9 Å². The Balaban J connectivity index is 2.73. The molecule has 0 saturated heterocycles. The molecule has 0 bridgehead atoms. The highest BCUT2D eigenvalue weighted by molar-refractivity contribution is 5.91. The van der Waals surface area contributed by atoms with E-state index in [1.165, 1.54) is 21.7 Å². The number of aryl methyl sites for hydroxylation is 1. The van der Waals surface area contributed by atoms with Crippen molar-refractivity contribution in [3.63, 3.8) is 0 Å². The van der Waals surface area contributed by atoms with Crippen molar-refractivity contribution < 1.29 is 14.7 Å². The number of hydrogen-bond acceptors (Lipinski definition) is 4. The van der Waals surface area contributed by atoms with Crippen LogP contribution in [0.5, 0.6) is 0 Å². The van der Waals surface area contributed by atoms with E-state index in [0.29, 0.717) is 19.5 Å². The van der Waals surface area contributed by atoms with E-state index in [0.717, 1.165) is 6.42 Å². The van der Waals surface area contributed by atoms with Crippen LogP contribution >= 0.6 is 0 Å². The van der Waals surface area contributed by atoms with Gasteiger partial charge in [0.2, 0.25) is 0 Å². The van der Waals surface area contributed by atoms with Gasteiger partial charge in [-0.3, -0.25) is 14.4 Å². The van der Waals surface area contributed by atoms with E-state index in [9.17, 15) is 14.4 Å². The number of amides is 1. The summed E-state index contributed by atoms with van der Waals surface area (Å²) in [4.78, 5) is 35.4. The summed E-state index contributed by atoms with van der Waals surface area (Å²) in [6.07, 6.45) is 1.14. The van der Waals surface area contributed by atoms with Gasteiger partial charge in [0.1, 0.15) is 5.69 Å². The van der Waals surface area contributed by atoms with Crippen molar-refractivity contribution in [1.29, 1.82) is 0 Å². The van der Waals surface area contributed by atoms with Crippen molar-refractivity contribution in [2.75, 3.05) is 13.6 Å².